The SMILES string of the molecule is CCc1ccccc1-n1nc(Cc2cccc(OC)c2)nc1-c1cnc(C2CC2)o1. The second kappa shape index (κ2) is 7.78. The summed E-state index contributed by atoms with van der Waals surface area (Å²) in [5.41, 5.74) is 3.32. The Morgan fingerprint density at radius 3 is 2.80 bits per heavy atom. The summed E-state index contributed by atoms with van der Waals surface area (Å²) in [5, 5.41) is 4.86. The van der Waals surface area contributed by atoms with Gasteiger partial charge in [0.15, 0.2) is 17.5 Å². The molecule has 0 atom stereocenters. The van der Waals surface area contributed by atoms with Crippen LogP contribution in [-0.4, -0.2) is 26.9 Å². The zero-order chi connectivity index (χ0) is 20.5. The van der Waals surface area contributed by atoms with Crippen molar-refractivity contribution >= 4 is 0 Å². The highest BCUT2D eigenvalue weighted by Gasteiger charge is 2.29. The lowest BCUT2D eigenvalue weighted by Crippen LogP contribution is -2.03. The molecule has 0 N–H and O–H groups in total. The van der Waals surface area contributed by atoms with Gasteiger partial charge >= 0.3 is 0 Å². The van der Waals surface area contributed by atoms with Crippen molar-refractivity contribution in [1.82, 2.24) is 19.7 Å². The molecule has 0 aliphatic heterocycles. The highest BCUT2D eigenvalue weighted by atomic mass is 16.5. The quantitative estimate of drug-likeness (QED) is 0.439. The van der Waals surface area contributed by atoms with E-state index in [1.54, 1.807) is 13.3 Å². The van der Waals surface area contributed by atoms with Crippen molar-refractivity contribution in [2.24, 2.45) is 0 Å². The van der Waals surface area contributed by atoms with E-state index in [1.165, 1.54) is 5.56 Å². The molecule has 0 saturated heterocycles. The number of hydrogen-bond donors (Lipinski definition) is 0. The molecule has 2 aromatic heterocycles. The maximum atomic E-state index is 6.07. The van der Waals surface area contributed by atoms with Gasteiger partial charge in [-0.1, -0.05) is 37.3 Å². The van der Waals surface area contributed by atoms with Gasteiger partial charge in [0.25, 0.3) is 0 Å². The number of hydrogen-bond acceptors (Lipinski definition) is 5. The molecular weight excluding hydrogens is 376 g/mol. The molecular formula is C24H24N4O2. The summed E-state index contributed by atoms with van der Waals surface area (Å²) in [5.74, 6) is 4.16. The molecule has 5 rings (SSSR count). The zero-order valence-electron chi connectivity index (χ0n) is 17.2. The smallest absolute Gasteiger partial charge is 0.201 e. The summed E-state index contributed by atoms with van der Waals surface area (Å²) in [4.78, 5) is 9.34. The zero-order valence-corrected chi connectivity index (χ0v) is 17.2. The highest BCUT2D eigenvalue weighted by molar-refractivity contribution is 5.53. The van der Waals surface area contributed by atoms with Gasteiger partial charge in [0.1, 0.15) is 5.75 Å². The Balaban J connectivity index is 1.58. The number of methoxy groups -OCH3 is 1. The van der Waals surface area contributed by atoms with Crippen molar-refractivity contribution in [1.29, 1.82) is 0 Å². The van der Waals surface area contributed by atoms with Crippen LogP contribution in [0.1, 0.15) is 48.5 Å². The van der Waals surface area contributed by atoms with Crippen LogP contribution in [0.2, 0.25) is 0 Å². The number of para-hydroxylation sites is 1. The van der Waals surface area contributed by atoms with Gasteiger partial charge in [0.2, 0.25) is 5.82 Å². The first-order valence-electron chi connectivity index (χ1n) is 10.4. The van der Waals surface area contributed by atoms with Crippen molar-refractivity contribution in [2.75, 3.05) is 7.11 Å². The van der Waals surface area contributed by atoms with Gasteiger partial charge in [-0.25, -0.2) is 14.6 Å². The van der Waals surface area contributed by atoms with E-state index in [4.69, 9.17) is 19.2 Å². The van der Waals surface area contributed by atoms with Crippen molar-refractivity contribution in [3.63, 3.8) is 0 Å². The van der Waals surface area contributed by atoms with Gasteiger partial charge in [-0.2, -0.15) is 5.10 Å². The lowest BCUT2D eigenvalue weighted by Gasteiger charge is -2.09. The van der Waals surface area contributed by atoms with E-state index in [9.17, 15) is 0 Å². The molecule has 6 nitrogen and oxygen atoms in total. The van der Waals surface area contributed by atoms with E-state index in [2.05, 4.69) is 36.2 Å². The van der Waals surface area contributed by atoms with Crippen LogP contribution in [0.5, 0.6) is 5.75 Å². The number of benzene rings is 2. The molecule has 0 spiro atoms. The minimum absolute atomic E-state index is 0.453. The van der Waals surface area contributed by atoms with Crippen LogP contribution in [0, 0.1) is 0 Å². The molecule has 4 aromatic rings. The molecule has 6 heteroatoms. The standard InChI is InChI=1S/C24H24N4O2/c1-3-17-8-4-5-10-20(17)28-23(21-15-25-24(30-21)18-11-12-18)26-22(27-28)14-16-7-6-9-19(13-16)29-2/h4-10,13,15,18H,3,11-12,14H2,1-2H3. The van der Waals surface area contributed by atoms with Crippen molar-refractivity contribution < 1.29 is 9.15 Å². The van der Waals surface area contributed by atoms with Crippen LogP contribution in [0.3, 0.4) is 0 Å². The fourth-order valence-corrected chi connectivity index (χ4v) is 3.65. The third-order valence-corrected chi connectivity index (χ3v) is 5.42. The normalized spacial score (nSPS) is 13.5. The topological polar surface area (TPSA) is 66.0 Å². The number of ether oxygens (including phenoxy) is 1. The molecule has 1 aliphatic rings. The van der Waals surface area contributed by atoms with E-state index in [-0.39, 0.29) is 0 Å². The molecule has 1 aliphatic carbocycles. The third kappa shape index (κ3) is 3.61. The summed E-state index contributed by atoms with van der Waals surface area (Å²) in [7, 11) is 1.67. The predicted molar refractivity (Wildman–Crippen MR) is 114 cm³/mol. The third-order valence-electron chi connectivity index (χ3n) is 5.42. The van der Waals surface area contributed by atoms with E-state index < -0.39 is 0 Å². The Kier molecular flexibility index (Phi) is 4.83. The highest BCUT2D eigenvalue weighted by Crippen LogP contribution is 2.40. The molecule has 1 saturated carbocycles. The van der Waals surface area contributed by atoms with Gasteiger partial charge in [-0.05, 0) is 48.6 Å². The lowest BCUT2D eigenvalue weighted by molar-refractivity contribution is 0.414. The number of aryl methyl sites for hydroxylation is 1. The average molecular weight is 400 g/mol. The minimum Gasteiger partial charge on any atom is -0.497 e. The van der Waals surface area contributed by atoms with Crippen LogP contribution < -0.4 is 4.74 Å². The van der Waals surface area contributed by atoms with Crippen LogP contribution in [0.4, 0.5) is 0 Å². The molecule has 2 heterocycles. The maximum Gasteiger partial charge on any atom is 0.201 e. The fraction of sp³-hybridized carbons (Fsp3) is 0.292. The molecule has 30 heavy (non-hydrogen) atoms. The second-order valence-corrected chi connectivity index (χ2v) is 7.61. The van der Waals surface area contributed by atoms with E-state index in [1.807, 2.05) is 28.9 Å². The van der Waals surface area contributed by atoms with E-state index in [0.29, 0.717) is 23.9 Å². The number of aromatic nitrogens is 4. The van der Waals surface area contributed by atoms with Gasteiger partial charge in [-0.15, -0.1) is 0 Å². The maximum absolute atomic E-state index is 6.07. The second-order valence-electron chi connectivity index (χ2n) is 7.61. The van der Waals surface area contributed by atoms with Crippen LogP contribution >= 0.6 is 0 Å². The molecule has 2 aromatic carbocycles. The molecule has 0 bridgehead atoms. The van der Waals surface area contributed by atoms with Crippen LogP contribution in [0.15, 0.2) is 59.1 Å². The summed E-state index contributed by atoms with van der Waals surface area (Å²) in [6.07, 6.45) is 5.58. The summed E-state index contributed by atoms with van der Waals surface area (Å²) < 4.78 is 13.3. The Morgan fingerprint density at radius 1 is 1.13 bits per heavy atom. The predicted octanol–water partition coefficient (Wildman–Crippen LogP) is 4.96. The summed E-state index contributed by atoms with van der Waals surface area (Å²) in [6.45, 7) is 2.15. The van der Waals surface area contributed by atoms with Gasteiger partial charge in [-0.3, -0.25) is 0 Å². The molecule has 0 unspecified atom stereocenters. The Hall–Kier alpha value is -3.41. The number of rotatable bonds is 7. The van der Waals surface area contributed by atoms with Gasteiger partial charge in [0.05, 0.1) is 19.0 Å². The molecule has 0 amide bonds. The van der Waals surface area contributed by atoms with Crippen LogP contribution in [-0.2, 0) is 12.8 Å². The Bertz CT molecular complexity index is 1170. The van der Waals surface area contributed by atoms with Crippen molar-refractivity contribution in [2.45, 2.75) is 38.5 Å². The fourth-order valence-electron chi connectivity index (χ4n) is 3.65. The summed E-state index contributed by atoms with van der Waals surface area (Å²) in [6, 6.07) is 16.3. The van der Waals surface area contributed by atoms with Crippen molar-refractivity contribution in [3.05, 3.63) is 77.6 Å². The lowest BCUT2D eigenvalue weighted by atomic mass is 10.1. The Morgan fingerprint density at radius 2 is 2.00 bits per heavy atom. The molecule has 152 valence electrons. The first kappa shape index (κ1) is 18.6. The average Bonchev–Trinajstić information content (AvgIpc) is 3.37. The van der Waals surface area contributed by atoms with Gasteiger partial charge < -0.3 is 9.15 Å². The summed E-state index contributed by atoms with van der Waals surface area (Å²) >= 11 is 0. The number of oxazole rings is 1. The molecule has 0 radical (unpaired) electrons. The van der Waals surface area contributed by atoms with E-state index in [0.717, 1.165) is 48.0 Å². The van der Waals surface area contributed by atoms with Crippen LogP contribution in [0.25, 0.3) is 17.3 Å². The monoisotopic (exact) mass is 400 g/mol. The largest absolute Gasteiger partial charge is 0.497 e. The minimum atomic E-state index is 0.453. The first-order valence-corrected chi connectivity index (χ1v) is 10.4. The Labute approximate surface area is 175 Å². The van der Waals surface area contributed by atoms with Gasteiger partial charge in [0, 0.05) is 12.3 Å². The van der Waals surface area contributed by atoms with Crippen molar-refractivity contribution in [3.8, 4) is 23.0 Å². The van der Waals surface area contributed by atoms with E-state index >= 15 is 0 Å². The molecule has 1 fully saturated rings. The number of nitrogens with zero attached hydrogens (tertiary/aromatic N) is 4. The first-order chi connectivity index (χ1) is 14.7.